The van der Waals surface area contributed by atoms with Gasteiger partial charge in [0.25, 0.3) is 5.91 Å². The number of benzene rings is 1. The molecule has 0 unspecified atom stereocenters. The van der Waals surface area contributed by atoms with E-state index in [0.29, 0.717) is 0 Å². The first kappa shape index (κ1) is 15.6. The van der Waals surface area contributed by atoms with Crippen LogP contribution in [0.25, 0.3) is 0 Å². The number of carbonyl (C=O) groups excluding carboxylic acids is 1. The second kappa shape index (κ2) is 4.89. The average Bonchev–Trinajstić information content (AvgIpc) is 2.19. The minimum Gasteiger partial charge on any atom is -0.504 e. The number of hydrogen-bond acceptors (Lipinski definition) is 5. The van der Waals surface area contributed by atoms with Gasteiger partial charge in [0.05, 0.1) is 5.56 Å². The maximum atomic E-state index is 12.1. The van der Waals surface area contributed by atoms with Crippen LogP contribution in [0.15, 0.2) is 16.6 Å². The number of hydrogen-bond donors (Lipinski definition) is 2. The third-order valence-corrected chi connectivity index (χ3v) is 3.19. The summed E-state index contributed by atoms with van der Waals surface area (Å²) in [6, 6.07) is 1.75. The molecule has 0 aliphatic rings. The van der Waals surface area contributed by atoms with Crippen LogP contribution in [0.3, 0.4) is 0 Å². The zero-order valence-electron chi connectivity index (χ0n) is 8.73. The van der Waals surface area contributed by atoms with Gasteiger partial charge in [0.2, 0.25) is 0 Å². The minimum atomic E-state index is -6.03. The third kappa shape index (κ3) is 3.29. The molecule has 0 saturated heterocycles. The fraction of sp³-hybridized carbons (Fsp3) is 0.125. The largest absolute Gasteiger partial charge is 0.534 e. The van der Waals surface area contributed by atoms with E-state index in [1.807, 2.05) is 0 Å². The van der Waals surface area contributed by atoms with Crippen molar-refractivity contribution >= 4 is 32.0 Å². The molecule has 19 heavy (non-hydrogen) atoms. The van der Waals surface area contributed by atoms with Gasteiger partial charge in [-0.25, -0.2) is 0 Å². The lowest BCUT2D eigenvalue weighted by molar-refractivity contribution is -0.0500. The highest BCUT2D eigenvalue weighted by molar-refractivity contribution is 9.10. The van der Waals surface area contributed by atoms with Crippen molar-refractivity contribution < 1.29 is 35.7 Å². The molecule has 0 radical (unpaired) electrons. The number of aromatic hydroxyl groups is 1. The normalized spacial score (nSPS) is 12.2. The summed E-state index contributed by atoms with van der Waals surface area (Å²) in [6.07, 6.45) is 0. The number of phenolic OH excluding ortho intramolecular Hbond substituents is 1. The van der Waals surface area contributed by atoms with Crippen molar-refractivity contribution in [1.82, 2.24) is 0 Å². The van der Waals surface area contributed by atoms with E-state index in [9.17, 15) is 31.5 Å². The van der Waals surface area contributed by atoms with E-state index in [0.717, 1.165) is 12.1 Å². The summed E-state index contributed by atoms with van der Waals surface area (Å²) >= 11 is 2.84. The van der Waals surface area contributed by atoms with Crippen LogP contribution in [-0.2, 0) is 10.1 Å². The second-order valence-corrected chi connectivity index (χ2v) is 5.60. The summed E-state index contributed by atoms with van der Waals surface area (Å²) in [6.45, 7) is 0. The van der Waals surface area contributed by atoms with Crippen molar-refractivity contribution in [1.29, 1.82) is 0 Å². The molecule has 0 aromatic heterocycles. The molecule has 0 bridgehead atoms. The number of amides is 1. The Kier molecular flexibility index (Phi) is 4.00. The molecule has 1 aromatic rings. The molecule has 1 rings (SSSR count). The lowest BCUT2D eigenvalue weighted by atomic mass is 10.2. The summed E-state index contributed by atoms with van der Waals surface area (Å²) in [7, 11) is -6.03. The van der Waals surface area contributed by atoms with Crippen molar-refractivity contribution in [3.05, 3.63) is 22.2 Å². The number of alkyl halides is 3. The first-order chi connectivity index (χ1) is 8.45. The monoisotopic (exact) mass is 363 g/mol. The van der Waals surface area contributed by atoms with Crippen LogP contribution in [0.4, 0.5) is 13.2 Å². The van der Waals surface area contributed by atoms with E-state index >= 15 is 0 Å². The Morgan fingerprint density at radius 3 is 2.32 bits per heavy atom. The summed E-state index contributed by atoms with van der Waals surface area (Å²) in [5, 5.41) is 9.36. The topological polar surface area (TPSA) is 107 Å². The van der Waals surface area contributed by atoms with Gasteiger partial charge in [0.15, 0.2) is 11.5 Å². The molecule has 11 heteroatoms. The van der Waals surface area contributed by atoms with E-state index in [1.54, 1.807) is 0 Å². The van der Waals surface area contributed by atoms with Gasteiger partial charge in [-0.05, 0) is 12.1 Å². The molecule has 6 nitrogen and oxygen atoms in total. The average molecular weight is 364 g/mol. The Morgan fingerprint density at radius 1 is 1.37 bits per heavy atom. The molecule has 0 atom stereocenters. The lowest BCUT2D eigenvalue weighted by Gasteiger charge is -2.13. The van der Waals surface area contributed by atoms with Crippen LogP contribution in [0, 0.1) is 0 Å². The molecular weight excluding hydrogens is 359 g/mol. The molecular formula is C8H5BrF3NO5S. The summed E-state index contributed by atoms with van der Waals surface area (Å²) in [5.74, 6) is -3.45. The van der Waals surface area contributed by atoms with Gasteiger partial charge in [0, 0.05) is 4.47 Å². The number of primary amides is 1. The van der Waals surface area contributed by atoms with Gasteiger partial charge in [-0.15, -0.1) is 0 Å². The molecule has 0 heterocycles. The summed E-state index contributed by atoms with van der Waals surface area (Å²) in [5.41, 5.74) is -1.58. The fourth-order valence-electron chi connectivity index (χ4n) is 1.01. The van der Waals surface area contributed by atoms with E-state index in [1.165, 1.54) is 0 Å². The van der Waals surface area contributed by atoms with Crippen LogP contribution in [0.5, 0.6) is 11.5 Å². The van der Waals surface area contributed by atoms with Gasteiger partial charge in [-0.3, -0.25) is 4.79 Å². The van der Waals surface area contributed by atoms with Gasteiger partial charge in [-0.2, -0.15) is 21.6 Å². The van der Waals surface area contributed by atoms with Crippen molar-refractivity contribution in [3.8, 4) is 11.5 Å². The van der Waals surface area contributed by atoms with E-state index < -0.39 is 38.6 Å². The Hall–Kier alpha value is -1.49. The second-order valence-electron chi connectivity index (χ2n) is 3.15. The molecule has 0 aliphatic heterocycles. The highest BCUT2D eigenvalue weighted by Crippen LogP contribution is 2.37. The zero-order chi connectivity index (χ0) is 15.0. The maximum absolute atomic E-state index is 12.1. The molecule has 1 aromatic carbocycles. The van der Waals surface area contributed by atoms with Gasteiger partial charge in [0.1, 0.15) is 0 Å². The minimum absolute atomic E-state index is 0.0931. The molecule has 1 amide bonds. The van der Waals surface area contributed by atoms with Crippen molar-refractivity contribution in [2.24, 2.45) is 5.73 Å². The smallest absolute Gasteiger partial charge is 0.504 e. The van der Waals surface area contributed by atoms with Crippen LogP contribution >= 0.6 is 15.9 Å². The van der Waals surface area contributed by atoms with E-state index in [-0.39, 0.29) is 4.47 Å². The van der Waals surface area contributed by atoms with Crippen LogP contribution in [0.1, 0.15) is 10.4 Å². The molecule has 3 N–H and O–H groups in total. The van der Waals surface area contributed by atoms with Crippen LogP contribution in [-0.4, -0.2) is 24.9 Å². The van der Waals surface area contributed by atoms with Crippen LogP contribution < -0.4 is 9.92 Å². The van der Waals surface area contributed by atoms with Crippen molar-refractivity contribution in [3.63, 3.8) is 0 Å². The van der Waals surface area contributed by atoms with Crippen LogP contribution in [0.2, 0.25) is 0 Å². The number of nitrogens with two attached hydrogens (primary N) is 1. The van der Waals surface area contributed by atoms with Gasteiger partial charge >= 0.3 is 15.6 Å². The molecule has 0 spiro atoms. The van der Waals surface area contributed by atoms with Gasteiger partial charge in [-0.1, -0.05) is 15.9 Å². The number of carbonyl (C=O) groups is 1. The molecule has 0 aliphatic carbocycles. The number of phenols is 1. The van der Waals surface area contributed by atoms with E-state index in [2.05, 4.69) is 20.1 Å². The lowest BCUT2D eigenvalue weighted by Crippen LogP contribution is -2.29. The SMILES string of the molecule is NC(=O)c1cc(Br)cc(O)c1OS(=O)(=O)C(F)(F)F. The quantitative estimate of drug-likeness (QED) is 0.624. The Labute approximate surface area is 113 Å². The highest BCUT2D eigenvalue weighted by Gasteiger charge is 2.49. The zero-order valence-corrected chi connectivity index (χ0v) is 11.1. The predicted molar refractivity (Wildman–Crippen MR) is 59.9 cm³/mol. The third-order valence-electron chi connectivity index (χ3n) is 1.78. The van der Waals surface area contributed by atoms with Crippen molar-refractivity contribution in [2.75, 3.05) is 0 Å². The Bertz CT molecular complexity index is 628. The Morgan fingerprint density at radius 2 is 1.89 bits per heavy atom. The fourth-order valence-corrected chi connectivity index (χ4v) is 1.94. The molecule has 0 saturated carbocycles. The first-order valence-electron chi connectivity index (χ1n) is 4.29. The Balaban J connectivity index is 3.41. The predicted octanol–water partition coefficient (Wildman–Crippen LogP) is 1.48. The van der Waals surface area contributed by atoms with E-state index in [4.69, 9.17) is 5.73 Å². The molecule has 0 fully saturated rings. The summed E-state index contributed by atoms with van der Waals surface area (Å²) < 4.78 is 61.9. The van der Waals surface area contributed by atoms with Crippen molar-refractivity contribution in [2.45, 2.75) is 5.51 Å². The number of rotatable bonds is 3. The standard InChI is InChI=1S/C8H5BrF3NO5S/c9-3-1-4(7(13)15)6(5(14)2-3)18-19(16,17)8(10,11)12/h1-2,14H,(H2,13,15). The maximum Gasteiger partial charge on any atom is 0.534 e. The number of halogens is 4. The first-order valence-corrected chi connectivity index (χ1v) is 6.49. The highest BCUT2D eigenvalue weighted by atomic mass is 79.9. The van der Waals surface area contributed by atoms with Gasteiger partial charge < -0.3 is 15.0 Å². The summed E-state index contributed by atoms with van der Waals surface area (Å²) in [4.78, 5) is 11.0. The molecule has 106 valence electrons.